The fourth-order valence-electron chi connectivity index (χ4n) is 3.34. The van der Waals surface area contributed by atoms with Gasteiger partial charge in [0.2, 0.25) is 5.91 Å². The van der Waals surface area contributed by atoms with Gasteiger partial charge in [-0.25, -0.2) is 0 Å². The molecule has 1 N–H and O–H groups in total. The van der Waals surface area contributed by atoms with Crippen LogP contribution in [-0.2, 0) is 24.1 Å². The highest BCUT2D eigenvalue weighted by Crippen LogP contribution is 2.32. The molecule has 1 amide bonds. The number of amides is 1. The SMILES string of the molecule is O=C(CN1CCN(Cc2ccccc2C(F)(F)F)CC1)NCc1ccccc1. The Morgan fingerprint density at radius 3 is 2.18 bits per heavy atom. The number of carbonyl (C=O) groups excluding carboxylic acids is 1. The molecule has 1 aliphatic heterocycles. The van der Waals surface area contributed by atoms with Gasteiger partial charge in [-0.3, -0.25) is 14.6 Å². The van der Waals surface area contributed by atoms with Crippen LogP contribution in [0.4, 0.5) is 13.2 Å². The van der Waals surface area contributed by atoms with Crippen LogP contribution in [0.3, 0.4) is 0 Å². The van der Waals surface area contributed by atoms with Crippen molar-refractivity contribution in [2.75, 3.05) is 32.7 Å². The minimum atomic E-state index is -4.34. The van der Waals surface area contributed by atoms with Crippen LogP contribution >= 0.6 is 0 Å². The lowest BCUT2D eigenvalue weighted by molar-refractivity contribution is -0.138. The average Bonchev–Trinajstić information content (AvgIpc) is 2.68. The van der Waals surface area contributed by atoms with E-state index in [0.717, 1.165) is 11.6 Å². The molecule has 1 aliphatic rings. The zero-order chi connectivity index (χ0) is 20.0. The lowest BCUT2D eigenvalue weighted by atomic mass is 10.1. The summed E-state index contributed by atoms with van der Waals surface area (Å²) in [6, 6.07) is 15.4. The van der Waals surface area contributed by atoms with Crippen molar-refractivity contribution in [2.24, 2.45) is 0 Å². The van der Waals surface area contributed by atoms with Crippen LogP contribution in [0.2, 0.25) is 0 Å². The Labute approximate surface area is 162 Å². The Balaban J connectivity index is 1.44. The maximum Gasteiger partial charge on any atom is 0.416 e. The number of piperazine rings is 1. The van der Waals surface area contributed by atoms with E-state index < -0.39 is 11.7 Å². The van der Waals surface area contributed by atoms with Crippen LogP contribution in [-0.4, -0.2) is 48.4 Å². The third-order valence-electron chi connectivity index (χ3n) is 4.88. The van der Waals surface area contributed by atoms with Gasteiger partial charge in [0.1, 0.15) is 0 Å². The predicted molar refractivity (Wildman–Crippen MR) is 101 cm³/mol. The third-order valence-corrected chi connectivity index (χ3v) is 4.88. The molecular formula is C21H24F3N3O. The van der Waals surface area contributed by atoms with E-state index in [0.29, 0.717) is 44.8 Å². The van der Waals surface area contributed by atoms with Crippen molar-refractivity contribution < 1.29 is 18.0 Å². The lowest BCUT2D eigenvalue weighted by Gasteiger charge is -2.34. The first-order valence-corrected chi connectivity index (χ1v) is 9.32. The summed E-state index contributed by atoms with van der Waals surface area (Å²) in [5.74, 6) is -0.0419. The molecule has 0 unspecified atom stereocenters. The standard InChI is InChI=1S/C21H24F3N3O/c22-21(23,24)19-9-5-4-8-18(19)15-26-10-12-27(13-11-26)16-20(28)25-14-17-6-2-1-3-7-17/h1-9H,10-16H2,(H,25,28). The Morgan fingerprint density at radius 1 is 0.893 bits per heavy atom. The van der Waals surface area contributed by atoms with Crippen molar-refractivity contribution in [1.82, 2.24) is 15.1 Å². The molecule has 0 radical (unpaired) electrons. The molecule has 0 aromatic heterocycles. The van der Waals surface area contributed by atoms with Gasteiger partial charge in [-0.2, -0.15) is 13.2 Å². The van der Waals surface area contributed by atoms with E-state index in [-0.39, 0.29) is 12.5 Å². The molecule has 0 bridgehead atoms. The quantitative estimate of drug-likeness (QED) is 0.822. The third kappa shape index (κ3) is 5.81. The van der Waals surface area contributed by atoms with E-state index in [1.807, 2.05) is 40.1 Å². The highest BCUT2D eigenvalue weighted by Gasteiger charge is 2.33. The van der Waals surface area contributed by atoms with Crippen molar-refractivity contribution in [2.45, 2.75) is 19.3 Å². The number of alkyl halides is 3. The van der Waals surface area contributed by atoms with Gasteiger partial charge < -0.3 is 5.32 Å². The average molecular weight is 391 g/mol. The zero-order valence-electron chi connectivity index (χ0n) is 15.6. The van der Waals surface area contributed by atoms with Gasteiger partial charge in [0, 0.05) is 39.3 Å². The van der Waals surface area contributed by atoms with Gasteiger partial charge in [-0.1, -0.05) is 48.5 Å². The molecule has 28 heavy (non-hydrogen) atoms. The van der Waals surface area contributed by atoms with Gasteiger partial charge in [-0.15, -0.1) is 0 Å². The highest BCUT2D eigenvalue weighted by molar-refractivity contribution is 5.78. The number of benzene rings is 2. The molecule has 1 fully saturated rings. The molecule has 7 heteroatoms. The summed E-state index contributed by atoms with van der Waals surface area (Å²) in [7, 11) is 0. The second-order valence-electron chi connectivity index (χ2n) is 6.97. The molecular weight excluding hydrogens is 367 g/mol. The fourth-order valence-corrected chi connectivity index (χ4v) is 3.34. The van der Waals surface area contributed by atoms with Crippen molar-refractivity contribution in [3.63, 3.8) is 0 Å². The van der Waals surface area contributed by atoms with Crippen molar-refractivity contribution in [3.05, 3.63) is 71.3 Å². The molecule has 150 valence electrons. The van der Waals surface area contributed by atoms with Crippen LogP contribution in [0.15, 0.2) is 54.6 Å². The van der Waals surface area contributed by atoms with Crippen molar-refractivity contribution in [1.29, 1.82) is 0 Å². The second kappa shape index (κ2) is 9.21. The zero-order valence-corrected chi connectivity index (χ0v) is 15.6. The van der Waals surface area contributed by atoms with E-state index in [4.69, 9.17) is 0 Å². The van der Waals surface area contributed by atoms with E-state index >= 15 is 0 Å². The number of nitrogens with one attached hydrogen (secondary N) is 1. The molecule has 2 aromatic carbocycles. The second-order valence-corrected chi connectivity index (χ2v) is 6.97. The monoisotopic (exact) mass is 391 g/mol. The van der Waals surface area contributed by atoms with Crippen LogP contribution in [0.25, 0.3) is 0 Å². The molecule has 0 atom stereocenters. The number of rotatable bonds is 6. The molecule has 4 nitrogen and oxygen atoms in total. The number of hydrogen-bond donors (Lipinski definition) is 1. The van der Waals surface area contributed by atoms with Crippen LogP contribution < -0.4 is 5.32 Å². The highest BCUT2D eigenvalue weighted by atomic mass is 19.4. The molecule has 1 saturated heterocycles. The van der Waals surface area contributed by atoms with E-state index in [1.165, 1.54) is 12.1 Å². The summed E-state index contributed by atoms with van der Waals surface area (Å²) in [4.78, 5) is 16.2. The van der Waals surface area contributed by atoms with E-state index in [2.05, 4.69) is 5.32 Å². The number of halogens is 3. The number of nitrogens with zero attached hydrogens (tertiary/aromatic N) is 2. The number of hydrogen-bond acceptors (Lipinski definition) is 3. The maximum absolute atomic E-state index is 13.1. The first-order chi connectivity index (χ1) is 13.4. The van der Waals surface area contributed by atoms with Crippen LogP contribution in [0.1, 0.15) is 16.7 Å². The molecule has 1 heterocycles. The summed E-state index contributed by atoms with van der Waals surface area (Å²) in [6.45, 7) is 3.66. The lowest BCUT2D eigenvalue weighted by Crippen LogP contribution is -2.49. The van der Waals surface area contributed by atoms with Crippen molar-refractivity contribution >= 4 is 5.91 Å². The molecule has 3 rings (SSSR count). The summed E-state index contributed by atoms with van der Waals surface area (Å²) in [5.41, 5.74) is 0.769. The largest absolute Gasteiger partial charge is 0.416 e. The van der Waals surface area contributed by atoms with Crippen LogP contribution in [0.5, 0.6) is 0 Å². The number of carbonyl (C=O) groups is 1. The summed E-state index contributed by atoms with van der Waals surface area (Å²) < 4.78 is 39.4. The Morgan fingerprint density at radius 2 is 1.50 bits per heavy atom. The van der Waals surface area contributed by atoms with Gasteiger partial charge in [-0.05, 0) is 17.2 Å². The Hall–Kier alpha value is -2.38. The Bertz CT molecular complexity index is 772. The first-order valence-electron chi connectivity index (χ1n) is 9.32. The summed E-state index contributed by atoms with van der Waals surface area (Å²) in [6.07, 6.45) is -4.34. The molecule has 0 aliphatic carbocycles. The van der Waals surface area contributed by atoms with Gasteiger partial charge in [0.25, 0.3) is 0 Å². The molecule has 0 saturated carbocycles. The predicted octanol–water partition coefficient (Wildman–Crippen LogP) is 3.14. The van der Waals surface area contributed by atoms with Crippen LogP contribution in [0, 0.1) is 0 Å². The van der Waals surface area contributed by atoms with Gasteiger partial charge in [0.15, 0.2) is 0 Å². The van der Waals surface area contributed by atoms with Gasteiger partial charge in [0.05, 0.1) is 12.1 Å². The maximum atomic E-state index is 13.1. The van der Waals surface area contributed by atoms with E-state index in [1.54, 1.807) is 6.07 Å². The van der Waals surface area contributed by atoms with Gasteiger partial charge >= 0.3 is 6.18 Å². The summed E-state index contributed by atoms with van der Waals surface area (Å²) in [5, 5.41) is 2.90. The minimum Gasteiger partial charge on any atom is -0.351 e. The minimum absolute atomic E-state index is 0.0419. The Kier molecular flexibility index (Phi) is 6.70. The smallest absolute Gasteiger partial charge is 0.351 e. The summed E-state index contributed by atoms with van der Waals surface area (Å²) >= 11 is 0. The topological polar surface area (TPSA) is 35.6 Å². The van der Waals surface area contributed by atoms with Crippen molar-refractivity contribution in [3.8, 4) is 0 Å². The van der Waals surface area contributed by atoms with E-state index in [9.17, 15) is 18.0 Å². The normalized spacial score (nSPS) is 16.1. The first kappa shape index (κ1) is 20.4. The molecule has 2 aromatic rings. The molecule has 0 spiro atoms. The fraction of sp³-hybridized carbons (Fsp3) is 0.381.